The average molecular weight is 276 g/mol. The monoisotopic (exact) mass is 276 g/mol. The summed E-state index contributed by atoms with van der Waals surface area (Å²) in [7, 11) is 0. The second kappa shape index (κ2) is 5.71. The molecule has 3 rings (SSSR count). The number of hydrogen-bond acceptors (Lipinski definition) is 4. The van der Waals surface area contributed by atoms with E-state index in [0.29, 0.717) is 6.54 Å². The Morgan fingerprint density at radius 3 is 2.35 bits per heavy atom. The summed E-state index contributed by atoms with van der Waals surface area (Å²) >= 11 is 0. The van der Waals surface area contributed by atoms with Gasteiger partial charge in [-0.3, -0.25) is 4.90 Å². The van der Waals surface area contributed by atoms with E-state index in [1.165, 1.54) is 24.9 Å². The van der Waals surface area contributed by atoms with Gasteiger partial charge in [0.25, 0.3) is 0 Å². The number of nitrogens with zero attached hydrogens (tertiary/aromatic N) is 2. The molecule has 2 aliphatic heterocycles. The van der Waals surface area contributed by atoms with E-state index in [0.717, 1.165) is 18.8 Å². The number of amides is 1. The molecule has 2 fully saturated rings. The molecule has 2 saturated heterocycles. The van der Waals surface area contributed by atoms with Crippen molar-refractivity contribution in [1.82, 2.24) is 0 Å². The molecule has 5 heteroatoms. The van der Waals surface area contributed by atoms with Crippen LogP contribution in [-0.4, -0.2) is 43.5 Å². The lowest BCUT2D eigenvalue weighted by atomic mass is 10.1. The van der Waals surface area contributed by atoms with Crippen molar-refractivity contribution in [3.8, 4) is 0 Å². The fourth-order valence-corrected chi connectivity index (χ4v) is 2.82. The second-order valence-electron chi connectivity index (χ2n) is 5.36. The van der Waals surface area contributed by atoms with Crippen LogP contribution in [0.3, 0.4) is 0 Å². The summed E-state index contributed by atoms with van der Waals surface area (Å²) in [6, 6.07) is 8.01. The van der Waals surface area contributed by atoms with Crippen molar-refractivity contribution in [2.45, 2.75) is 25.4 Å². The van der Waals surface area contributed by atoms with Gasteiger partial charge in [-0.25, -0.2) is 4.79 Å². The molecule has 0 aliphatic carbocycles. The number of benzene rings is 1. The van der Waals surface area contributed by atoms with Gasteiger partial charge in [-0.05, 0) is 43.5 Å². The predicted octanol–water partition coefficient (Wildman–Crippen LogP) is 1.99. The van der Waals surface area contributed by atoms with Crippen LogP contribution in [0.5, 0.6) is 0 Å². The molecule has 1 aromatic rings. The van der Waals surface area contributed by atoms with E-state index in [1.54, 1.807) is 4.90 Å². The van der Waals surface area contributed by atoms with Crippen molar-refractivity contribution in [2.24, 2.45) is 0 Å². The van der Waals surface area contributed by atoms with Crippen molar-refractivity contribution in [3.63, 3.8) is 0 Å². The number of piperidine rings is 1. The molecule has 2 heterocycles. The molecule has 20 heavy (non-hydrogen) atoms. The zero-order valence-corrected chi connectivity index (χ0v) is 11.5. The Morgan fingerprint density at radius 1 is 1.10 bits per heavy atom. The van der Waals surface area contributed by atoms with Crippen LogP contribution in [-0.2, 0) is 4.74 Å². The minimum atomic E-state index is -0.413. The summed E-state index contributed by atoms with van der Waals surface area (Å²) in [6.07, 6.45) is 3.02. The third-order valence-electron chi connectivity index (χ3n) is 3.96. The lowest BCUT2D eigenvalue weighted by Crippen LogP contribution is -2.29. The van der Waals surface area contributed by atoms with Crippen LogP contribution >= 0.6 is 0 Å². The zero-order valence-electron chi connectivity index (χ0n) is 11.5. The van der Waals surface area contributed by atoms with Gasteiger partial charge in [-0.2, -0.15) is 0 Å². The normalized spacial score (nSPS) is 23.1. The Morgan fingerprint density at radius 2 is 1.75 bits per heavy atom. The van der Waals surface area contributed by atoms with Gasteiger partial charge in [0.15, 0.2) is 0 Å². The SMILES string of the molecule is O=C1OC(CO)CN1c1ccc(N2CCCCC2)cc1. The standard InChI is InChI=1S/C15H20N2O3/c18-11-14-10-17(15(19)20-14)13-6-4-12(5-7-13)16-8-2-1-3-9-16/h4-7,14,18H,1-3,8-11H2. The van der Waals surface area contributed by atoms with Gasteiger partial charge in [0, 0.05) is 24.5 Å². The molecule has 0 spiro atoms. The zero-order chi connectivity index (χ0) is 13.9. The first-order chi connectivity index (χ1) is 9.78. The molecule has 2 aliphatic rings. The number of aliphatic hydroxyl groups is 1. The minimum Gasteiger partial charge on any atom is -0.441 e. The molecule has 1 amide bonds. The molecule has 0 aromatic heterocycles. The van der Waals surface area contributed by atoms with Gasteiger partial charge in [0.1, 0.15) is 6.10 Å². The van der Waals surface area contributed by atoms with Crippen molar-refractivity contribution < 1.29 is 14.6 Å². The highest BCUT2D eigenvalue weighted by Gasteiger charge is 2.31. The summed E-state index contributed by atoms with van der Waals surface area (Å²) in [6.45, 7) is 2.50. The first kappa shape index (κ1) is 13.2. The van der Waals surface area contributed by atoms with Crippen molar-refractivity contribution in [1.29, 1.82) is 0 Å². The number of cyclic esters (lactones) is 1. The molecule has 1 unspecified atom stereocenters. The van der Waals surface area contributed by atoms with E-state index in [4.69, 9.17) is 9.84 Å². The molecule has 5 nitrogen and oxygen atoms in total. The van der Waals surface area contributed by atoms with Gasteiger partial charge in [0.2, 0.25) is 0 Å². The van der Waals surface area contributed by atoms with Gasteiger partial charge in [0.05, 0.1) is 13.2 Å². The van der Waals surface area contributed by atoms with Gasteiger partial charge < -0.3 is 14.7 Å². The number of carbonyl (C=O) groups is 1. The number of ether oxygens (including phenoxy) is 1. The van der Waals surface area contributed by atoms with Crippen LogP contribution in [0.1, 0.15) is 19.3 Å². The number of hydrogen-bond donors (Lipinski definition) is 1. The van der Waals surface area contributed by atoms with E-state index < -0.39 is 6.10 Å². The molecule has 1 atom stereocenters. The molecule has 108 valence electrons. The van der Waals surface area contributed by atoms with Crippen LogP contribution in [0.15, 0.2) is 24.3 Å². The first-order valence-electron chi connectivity index (χ1n) is 7.22. The lowest BCUT2D eigenvalue weighted by molar-refractivity contribution is 0.0963. The van der Waals surface area contributed by atoms with Crippen molar-refractivity contribution in [3.05, 3.63) is 24.3 Å². The molecule has 0 saturated carbocycles. The van der Waals surface area contributed by atoms with Crippen LogP contribution in [0.2, 0.25) is 0 Å². The summed E-state index contributed by atoms with van der Waals surface area (Å²) < 4.78 is 5.05. The highest BCUT2D eigenvalue weighted by atomic mass is 16.6. The minimum absolute atomic E-state index is 0.131. The Hall–Kier alpha value is -1.75. The Bertz CT molecular complexity index is 469. The van der Waals surface area contributed by atoms with E-state index in [2.05, 4.69) is 17.0 Å². The molecular formula is C15H20N2O3. The van der Waals surface area contributed by atoms with Gasteiger partial charge >= 0.3 is 6.09 Å². The van der Waals surface area contributed by atoms with E-state index >= 15 is 0 Å². The third kappa shape index (κ3) is 2.58. The van der Waals surface area contributed by atoms with Gasteiger partial charge in [-0.15, -0.1) is 0 Å². The molecule has 1 aromatic carbocycles. The summed E-state index contributed by atoms with van der Waals surface area (Å²) in [5.74, 6) is 0. The van der Waals surface area contributed by atoms with Crippen LogP contribution in [0.25, 0.3) is 0 Å². The Labute approximate surface area is 118 Å². The number of carbonyl (C=O) groups excluding carboxylic acids is 1. The topological polar surface area (TPSA) is 53.0 Å². The third-order valence-corrected chi connectivity index (χ3v) is 3.96. The van der Waals surface area contributed by atoms with Crippen molar-refractivity contribution in [2.75, 3.05) is 36.0 Å². The van der Waals surface area contributed by atoms with Crippen LogP contribution in [0.4, 0.5) is 16.2 Å². The maximum atomic E-state index is 11.7. The second-order valence-corrected chi connectivity index (χ2v) is 5.36. The fourth-order valence-electron chi connectivity index (χ4n) is 2.82. The quantitative estimate of drug-likeness (QED) is 0.917. The molecule has 1 N–H and O–H groups in total. The molecule has 0 radical (unpaired) electrons. The molecular weight excluding hydrogens is 256 g/mol. The maximum absolute atomic E-state index is 11.7. The highest BCUT2D eigenvalue weighted by Crippen LogP contribution is 2.26. The highest BCUT2D eigenvalue weighted by molar-refractivity contribution is 5.90. The Kier molecular flexibility index (Phi) is 3.78. The van der Waals surface area contributed by atoms with Crippen molar-refractivity contribution >= 4 is 17.5 Å². The van der Waals surface area contributed by atoms with E-state index in [1.807, 2.05) is 12.1 Å². The molecule has 0 bridgehead atoms. The fraction of sp³-hybridized carbons (Fsp3) is 0.533. The average Bonchev–Trinajstić information content (AvgIpc) is 2.89. The van der Waals surface area contributed by atoms with E-state index in [-0.39, 0.29) is 12.7 Å². The first-order valence-corrected chi connectivity index (χ1v) is 7.22. The maximum Gasteiger partial charge on any atom is 0.414 e. The van der Waals surface area contributed by atoms with Gasteiger partial charge in [-0.1, -0.05) is 0 Å². The number of rotatable bonds is 3. The summed E-state index contributed by atoms with van der Waals surface area (Å²) in [5.41, 5.74) is 2.03. The summed E-state index contributed by atoms with van der Waals surface area (Å²) in [5, 5.41) is 9.05. The van der Waals surface area contributed by atoms with Crippen LogP contribution in [0, 0.1) is 0 Å². The number of anilines is 2. The summed E-state index contributed by atoms with van der Waals surface area (Å²) in [4.78, 5) is 15.7. The largest absolute Gasteiger partial charge is 0.441 e. The smallest absolute Gasteiger partial charge is 0.414 e. The predicted molar refractivity (Wildman–Crippen MR) is 77.2 cm³/mol. The number of aliphatic hydroxyl groups excluding tert-OH is 1. The Balaban J connectivity index is 1.71. The van der Waals surface area contributed by atoms with Crippen LogP contribution < -0.4 is 9.80 Å². The lowest BCUT2D eigenvalue weighted by Gasteiger charge is -2.29. The van der Waals surface area contributed by atoms with E-state index in [9.17, 15) is 4.79 Å².